The van der Waals surface area contributed by atoms with Crippen molar-refractivity contribution in [2.45, 2.75) is 39.5 Å². The number of hydrogen-bond acceptors (Lipinski definition) is 3. The maximum atomic E-state index is 11.7. The lowest BCUT2D eigenvalue weighted by Gasteiger charge is -2.14. The summed E-state index contributed by atoms with van der Waals surface area (Å²) in [6.07, 6.45) is 5.97. The van der Waals surface area contributed by atoms with E-state index in [1.54, 1.807) is 6.07 Å². The highest BCUT2D eigenvalue weighted by atomic mass is 35.5. The summed E-state index contributed by atoms with van der Waals surface area (Å²) in [5, 5.41) is 0.495. The second-order valence-corrected chi connectivity index (χ2v) is 4.81. The van der Waals surface area contributed by atoms with E-state index in [9.17, 15) is 4.79 Å². The fourth-order valence-corrected chi connectivity index (χ4v) is 1.84. The number of carbonyl (C=O) groups is 1. The molecule has 100 valence electrons. The van der Waals surface area contributed by atoms with Crippen LogP contribution in [-0.4, -0.2) is 17.6 Å². The first kappa shape index (κ1) is 15.0. The molecule has 0 saturated heterocycles. The van der Waals surface area contributed by atoms with Gasteiger partial charge in [0.25, 0.3) is 0 Å². The lowest BCUT2D eigenvalue weighted by atomic mass is 10.0. The van der Waals surface area contributed by atoms with Gasteiger partial charge in [0.15, 0.2) is 0 Å². The highest BCUT2D eigenvalue weighted by Gasteiger charge is 2.13. The topological polar surface area (TPSA) is 39.2 Å². The average molecular weight is 270 g/mol. The van der Waals surface area contributed by atoms with Gasteiger partial charge in [-0.15, -0.1) is 0 Å². The fraction of sp³-hybridized carbons (Fsp3) is 0.571. The number of esters is 1. The predicted molar refractivity (Wildman–Crippen MR) is 72.8 cm³/mol. The van der Waals surface area contributed by atoms with E-state index < -0.39 is 5.97 Å². The van der Waals surface area contributed by atoms with Gasteiger partial charge < -0.3 is 4.74 Å². The van der Waals surface area contributed by atoms with Crippen LogP contribution in [-0.2, 0) is 4.74 Å². The minimum Gasteiger partial charge on any atom is -0.461 e. The molecule has 0 bridgehead atoms. The minimum absolute atomic E-state index is 0.271. The summed E-state index contributed by atoms with van der Waals surface area (Å²) in [5.74, 6) is 0.0422. The van der Waals surface area contributed by atoms with E-state index in [2.05, 4.69) is 18.8 Å². The summed E-state index contributed by atoms with van der Waals surface area (Å²) in [4.78, 5) is 15.7. The summed E-state index contributed by atoms with van der Waals surface area (Å²) in [6, 6.07) is 3.16. The van der Waals surface area contributed by atoms with Crippen LogP contribution in [0.15, 0.2) is 18.3 Å². The van der Waals surface area contributed by atoms with Gasteiger partial charge in [0.2, 0.25) is 0 Å². The van der Waals surface area contributed by atoms with Crippen molar-refractivity contribution in [2.75, 3.05) is 6.61 Å². The summed E-state index contributed by atoms with van der Waals surface area (Å²) in [6.45, 7) is 4.74. The quantitative estimate of drug-likeness (QED) is 0.700. The third kappa shape index (κ3) is 5.05. The Hall–Kier alpha value is -1.09. The van der Waals surface area contributed by atoms with Crippen molar-refractivity contribution in [3.63, 3.8) is 0 Å². The third-order valence-corrected chi connectivity index (χ3v) is 3.16. The van der Waals surface area contributed by atoms with Crippen molar-refractivity contribution < 1.29 is 9.53 Å². The molecule has 0 spiro atoms. The fourth-order valence-electron chi connectivity index (χ4n) is 1.68. The van der Waals surface area contributed by atoms with Gasteiger partial charge in [0.1, 0.15) is 5.69 Å². The number of aromatic nitrogens is 1. The first-order valence-electron chi connectivity index (χ1n) is 6.46. The molecule has 0 fully saturated rings. The van der Waals surface area contributed by atoms with Gasteiger partial charge >= 0.3 is 5.97 Å². The third-order valence-electron chi connectivity index (χ3n) is 2.92. The molecule has 1 atom stereocenters. The van der Waals surface area contributed by atoms with Gasteiger partial charge in [-0.3, -0.25) is 0 Å². The Bertz CT molecular complexity index is 382. The first-order chi connectivity index (χ1) is 8.67. The monoisotopic (exact) mass is 269 g/mol. The lowest BCUT2D eigenvalue weighted by Crippen LogP contribution is -2.14. The highest BCUT2D eigenvalue weighted by Crippen LogP contribution is 2.14. The highest BCUT2D eigenvalue weighted by molar-refractivity contribution is 6.30. The predicted octanol–water partition coefficient (Wildman–Crippen LogP) is 4.11. The Labute approximate surface area is 114 Å². The molecule has 0 aliphatic heterocycles. The van der Waals surface area contributed by atoms with E-state index in [4.69, 9.17) is 16.3 Å². The number of rotatable bonds is 7. The lowest BCUT2D eigenvalue weighted by molar-refractivity contribution is 0.0421. The Morgan fingerprint density at radius 3 is 2.89 bits per heavy atom. The smallest absolute Gasteiger partial charge is 0.356 e. The Balaban J connectivity index is 2.44. The van der Waals surface area contributed by atoms with Crippen LogP contribution in [0, 0.1) is 5.92 Å². The standard InChI is InChI=1S/C14H20ClNO2/c1-3-5-6-11(4-2)10-18-14(17)13-9-12(15)7-8-16-13/h7-9,11H,3-6,10H2,1-2H3. The van der Waals surface area contributed by atoms with Crippen LogP contribution in [0.4, 0.5) is 0 Å². The molecule has 1 aromatic rings. The maximum absolute atomic E-state index is 11.7. The van der Waals surface area contributed by atoms with Gasteiger partial charge in [-0.05, 0) is 24.5 Å². The van der Waals surface area contributed by atoms with Crippen molar-refractivity contribution in [1.29, 1.82) is 0 Å². The molecule has 1 heterocycles. The van der Waals surface area contributed by atoms with Crippen LogP contribution in [0.3, 0.4) is 0 Å². The molecule has 0 radical (unpaired) electrons. The molecule has 0 aliphatic rings. The zero-order chi connectivity index (χ0) is 13.4. The number of pyridine rings is 1. The number of ether oxygens (including phenoxy) is 1. The molecule has 4 heteroatoms. The number of nitrogens with zero attached hydrogens (tertiary/aromatic N) is 1. The summed E-state index contributed by atoms with van der Waals surface area (Å²) < 4.78 is 5.27. The van der Waals surface area contributed by atoms with Gasteiger partial charge in [0.05, 0.1) is 6.61 Å². The molecular weight excluding hydrogens is 250 g/mol. The van der Waals surface area contributed by atoms with Crippen LogP contribution >= 0.6 is 11.6 Å². The molecule has 1 aromatic heterocycles. The van der Waals surface area contributed by atoms with E-state index in [0.717, 1.165) is 12.8 Å². The van der Waals surface area contributed by atoms with E-state index in [1.165, 1.54) is 25.1 Å². The van der Waals surface area contributed by atoms with Crippen LogP contribution in [0.5, 0.6) is 0 Å². The molecule has 1 rings (SSSR count). The van der Waals surface area contributed by atoms with Crippen molar-refractivity contribution >= 4 is 17.6 Å². The van der Waals surface area contributed by atoms with E-state index in [-0.39, 0.29) is 5.69 Å². The molecule has 18 heavy (non-hydrogen) atoms. The van der Waals surface area contributed by atoms with Gasteiger partial charge in [-0.2, -0.15) is 0 Å². The van der Waals surface area contributed by atoms with E-state index >= 15 is 0 Å². The largest absolute Gasteiger partial charge is 0.461 e. The van der Waals surface area contributed by atoms with Crippen molar-refractivity contribution in [1.82, 2.24) is 4.98 Å². The minimum atomic E-state index is -0.396. The zero-order valence-corrected chi connectivity index (χ0v) is 11.7. The summed E-state index contributed by atoms with van der Waals surface area (Å²) in [7, 11) is 0. The van der Waals surface area contributed by atoms with Gasteiger partial charge in [-0.1, -0.05) is 44.7 Å². The SMILES string of the molecule is CCCCC(CC)COC(=O)c1cc(Cl)ccn1. The van der Waals surface area contributed by atoms with Crippen molar-refractivity contribution in [3.8, 4) is 0 Å². The summed E-state index contributed by atoms with van der Waals surface area (Å²) in [5.41, 5.74) is 0.271. The number of halogens is 1. The normalized spacial score (nSPS) is 12.2. The van der Waals surface area contributed by atoms with Crippen LogP contribution in [0.1, 0.15) is 50.0 Å². The van der Waals surface area contributed by atoms with E-state index in [0.29, 0.717) is 17.5 Å². The molecule has 0 N–H and O–H groups in total. The molecular formula is C14H20ClNO2. The summed E-state index contributed by atoms with van der Waals surface area (Å²) >= 11 is 5.80. The Kier molecular flexibility index (Phi) is 6.73. The second-order valence-electron chi connectivity index (χ2n) is 4.37. The average Bonchev–Trinajstić information content (AvgIpc) is 2.38. The number of carbonyl (C=O) groups excluding carboxylic acids is 1. The molecule has 1 unspecified atom stereocenters. The van der Waals surface area contributed by atoms with Crippen molar-refractivity contribution in [3.05, 3.63) is 29.0 Å². The van der Waals surface area contributed by atoms with Crippen LogP contribution < -0.4 is 0 Å². The molecule has 3 nitrogen and oxygen atoms in total. The maximum Gasteiger partial charge on any atom is 0.356 e. The van der Waals surface area contributed by atoms with Gasteiger partial charge in [0, 0.05) is 11.2 Å². The molecule has 0 saturated carbocycles. The number of hydrogen-bond donors (Lipinski definition) is 0. The molecule has 0 aliphatic carbocycles. The number of unbranched alkanes of at least 4 members (excludes halogenated alkanes) is 1. The molecule has 0 aromatic carbocycles. The van der Waals surface area contributed by atoms with Crippen molar-refractivity contribution in [2.24, 2.45) is 5.92 Å². The molecule has 0 amide bonds. The Morgan fingerprint density at radius 2 is 2.28 bits per heavy atom. The van der Waals surface area contributed by atoms with Crippen LogP contribution in [0.2, 0.25) is 5.02 Å². The first-order valence-corrected chi connectivity index (χ1v) is 6.83. The Morgan fingerprint density at radius 1 is 1.50 bits per heavy atom. The zero-order valence-electron chi connectivity index (χ0n) is 11.0. The van der Waals surface area contributed by atoms with Gasteiger partial charge in [-0.25, -0.2) is 9.78 Å². The second kappa shape index (κ2) is 8.09. The van der Waals surface area contributed by atoms with E-state index in [1.807, 2.05) is 0 Å². The van der Waals surface area contributed by atoms with Crippen LogP contribution in [0.25, 0.3) is 0 Å².